The molecule has 1 aromatic heterocycles. The van der Waals surface area contributed by atoms with E-state index in [9.17, 15) is 4.79 Å². The highest BCUT2D eigenvalue weighted by atomic mass is 16.5. The number of aryl methyl sites for hydroxylation is 2. The van der Waals surface area contributed by atoms with E-state index in [2.05, 4.69) is 41.1 Å². The minimum absolute atomic E-state index is 0.0938. The third kappa shape index (κ3) is 6.02. The Labute approximate surface area is 190 Å². The first kappa shape index (κ1) is 23.6. The lowest BCUT2D eigenvalue weighted by Gasteiger charge is -2.10. The smallest absolute Gasteiger partial charge is 0.251 e. The zero-order valence-electron chi connectivity index (χ0n) is 19.5. The molecule has 0 aliphatic rings. The molecule has 6 heteroatoms. The summed E-state index contributed by atoms with van der Waals surface area (Å²) in [4.78, 5) is 17.3. The molecule has 0 spiro atoms. The van der Waals surface area contributed by atoms with Crippen LogP contribution in [-0.2, 0) is 13.0 Å². The monoisotopic (exact) mass is 437 g/mol. The van der Waals surface area contributed by atoms with E-state index >= 15 is 0 Å². The van der Waals surface area contributed by atoms with Crippen LogP contribution < -0.4 is 14.8 Å². The molecule has 3 aromatic rings. The van der Waals surface area contributed by atoms with Crippen molar-refractivity contribution < 1.29 is 14.3 Å². The predicted octanol–water partition coefficient (Wildman–Crippen LogP) is 5.39. The third-order valence-corrected chi connectivity index (χ3v) is 5.73. The molecule has 6 nitrogen and oxygen atoms in total. The van der Waals surface area contributed by atoms with Gasteiger partial charge in [0.1, 0.15) is 5.82 Å². The van der Waals surface area contributed by atoms with Gasteiger partial charge in [-0.2, -0.15) is 0 Å². The van der Waals surface area contributed by atoms with Crippen LogP contribution in [0.3, 0.4) is 0 Å². The zero-order chi connectivity index (χ0) is 22.8. The van der Waals surface area contributed by atoms with Gasteiger partial charge in [-0.25, -0.2) is 4.98 Å². The maximum absolute atomic E-state index is 12.4. The van der Waals surface area contributed by atoms with E-state index in [0.29, 0.717) is 23.6 Å². The number of benzene rings is 2. The average Bonchev–Trinajstić information content (AvgIpc) is 3.18. The zero-order valence-corrected chi connectivity index (χ0v) is 19.5. The van der Waals surface area contributed by atoms with Gasteiger partial charge in [-0.15, -0.1) is 0 Å². The number of para-hydroxylation sites is 2. The van der Waals surface area contributed by atoms with Crippen molar-refractivity contribution in [1.82, 2.24) is 14.9 Å². The van der Waals surface area contributed by atoms with Gasteiger partial charge < -0.3 is 19.4 Å². The molecular formula is C26H35N3O3. The highest BCUT2D eigenvalue weighted by Gasteiger charge is 2.11. The van der Waals surface area contributed by atoms with E-state index in [1.54, 1.807) is 32.4 Å². The lowest BCUT2D eigenvalue weighted by molar-refractivity contribution is 0.0952. The highest BCUT2D eigenvalue weighted by Crippen LogP contribution is 2.27. The Morgan fingerprint density at radius 2 is 1.78 bits per heavy atom. The summed E-state index contributed by atoms with van der Waals surface area (Å²) in [6, 6.07) is 13.6. The van der Waals surface area contributed by atoms with Crippen molar-refractivity contribution in [3.63, 3.8) is 0 Å². The maximum atomic E-state index is 12.4. The molecular weight excluding hydrogens is 402 g/mol. The lowest BCUT2D eigenvalue weighted by atomic mass is 10.1. The van der Waals surface area contributed by atoms with Gasteiger partial charge >= 0.3 is 0 Å². The second-order valence-electron chi connectivity index (χ2n) is 8.01. The van der Waals surface area contributed by atoms with Crippen LogP contribution in [0, 0.1) is 0 Å². The van der Waals surface area contributed by atoms with E-state index in [0.717, 1.165) is 37.7 Å². The van der Waals surface area contributed by atoms with E-state index < -0.39 is 0 Å². The second kappa shape index (κ2) is 12.1. The first-order valence-corrected chi connectivity index (χ1v) is 11.6. The number of hydrogen-bond donors (Lipinski definition) is 1. The molecule has 0 saturated carbocycles. The Morgan fingerprint density at radius 1 is 0.969 bits per heavy atom. The number of fused-ring (bicyclic) bond motifs is 1. The van der Waals surface area contributed by atoms with Gasteiger partial charge in [0.25, 0.3) is 5.91 Å². The molecule has 2 aromatic carbocycles. The normalized spacial score (nSPS) is 11.0. The van der Waals surface area contributed by atoms with Crippen molar-refractivity contribution in [3.8, 4) is 11.5 Å². The SMILES string of the molecule is CCCCCn1c(CCCCCNC(=O)c2ccc(OC)c(OC)c2)nc2ccccc21. The van der Waals surface area contributed by atoms with Crippen molar-refractivity contribution >= 4 is 16.9 Å². The predicted molar refractivity (Wildman–Crippen MR) is 129 cm³/mol. The summed E-state index contributed by atoms with van der Waals surface area (Å²) in [5.74, 6) is 2.26. The first-order valence-electron chi connectivity index (χ1n) is 11.6. The summed E-state index contributed by atoms with van der Waals surface area (Å²) >= 11 is 0. The van der Waals surface area contributed by atoms with Gasteiger partial charge in [0, 0.05) is 25.1 Å². The number of carbonyl (C=O) groups excluding carboxylic acids is 1. The Balaban J connectivity index is 1.46. The minimum atomic E-state index is -0.0938. The van der Waals surface area contributed by atoms with Gasteiger partial charge in [-0.3, -0.25) is 4.79 Å². The molecule has 1 amide bonds. The van der Waals surface area contributed by atoms with Crippen LogP contribution in [0.4, 0.5) is 0 Å². The molecule has 0 radical (unpaired) electrons. The summed E-state index contributed by atoms with van der Waals surface area (Å²) in [6.45, 7) is 3.92. The van der Waals surface area contributed by atoms with Crippen molar-refractivity contribution in [3.05, 3.63) is 53.9 Å². The summed E-state index contributed by atoms with van der Waals surface area (Å²) in [6.07, 6.45) is 7.65. The fourth-order valence-corrected chi connectivity index (χ4v) is 3.95. The number of methoxy groups -OCH3 is 2. The van der Waals surface area contributed by atoms with Crippen molar-refractivity contribution in [2.45, 2.75) is 58.4 Å². The number of rotatable bonds is 13. The Bertz CT molecular complexity index is 1010. The van der Waals surface area contributed by atoms with E-state index in [1.807, 2.05) is 0 Å². The first-order chi connectivity index (χ1) is 15.7. The van der Waals surface area contributed by atoms with Gasteiger partial charge in [0.2, 0.25) is 0 Å². The van der Waals surface area contributed by atoms with Gasteiger partial charge in [-0.05, 0) is 49.6 Å². The number of carbonyl (C=O) groups is 1. The summed E-state index contributed by atoms with van der Waals surface area (Å²) in [5, 5.41) is 3.00. The van der Waals surface area contributed by atoms with Crippen molar-refractivity contribution in [2.24, 2.45) is 0 Å². The maximum Gasteiger partial charge on any atom is 0.251 e. The molecule has 32 heavy (non-hydrogen) atoms. The number of amides is 1. The van der Waals surface area contributed by atoms with Crippen molar-refractivity contribution in [1.29, 1.82) is 0 Å². The Kier molecular flexibility index (Phi) is 8.96. The van der Waals surface area contributed by atoms with E-state index in [1.165, 1.54) is 30.6 Å². The molecule has 0 unspecified atom stereocenters. The van der Waals surface area contributed by atoms with Crippen LogP contribution in [0.2, 0.25) is 0 Å². The number of hydrogen-bond acceptors (Lipinski definition) is 4. The number of ether oxygens (including phenoxy) is 2. The molecule has 0 bridgehead atoms. The Morgan fingerprint density at radius 3 is 2.56 bits per heavy atom. The fourth-order valence-electron chi connectivity index (χ4n) is 3.95. The molecule has 1 N–H and O–H groups in total. The number of nitrogens with one attached hydrogen (secondary N) is 1. The number of unbranched alkanes of at least 4 members (excludes halogenated alkanes) is 4. The molecule has 3 rings (SSSR count). The van der Waals surface area contributed by atoms with Crippen LogP contribution >= 0.6 is 0 Å². The average molecular weight is 438 g/mol. The molecule has 0 saturated heterocycles. The standard InChI is InChI=1S/C26H35N3O3/c1-4-5-11-18-29-22-13-9-8-12-21(22)28-25(29)14-7-6-10-17-27-26(30)20-15-16-23(31-2)24(19-20)32-3/h8-9,12-13,15-16,19H,4-7,10-11,14,17-18H2,1-3H3,(H,27,30). The highest BCUT2D eigenvalue weighted by molar-refractivity contribution is 5.94. The topological polar surface area (TPSA) is 65.4 Å². The number of aromatic nitrogens is 2. The van der Waals surface area contributed by atoms with Gasteiger partial charge in [-0.1, -0.05) is 38.3 Å². The lowest BCUT2D eigenvalue weighted by Crippen LogP contribution is -2.24. The molecule has 172 valence electrons. The molecule has 0 fully saturated rings. The molecule has 0 aliphatic carbocycles. The fraction of sp³-hybridized carbons (Fsp3) is 0.462. The second-order valence-corrected chi connectivity index (χ2v) is 8.01. The number of imidazole rings is 1. The van der Waals surface area contributed by atoms with Crippen LogP contribution in [0.15, 0.2) is 42.5 Å². The minimum Gasteiger partial charge on any atom is -0.493 e. The summed E-state index contributed by atoms with van der Waals surface area (Å²) in [5.41, 5.74) is 2.89. The van der Waals surface area contributed by atoms with E-state index in [4.69, 9.17) is 14.5 Å². The summed E-state index contributed by atoms with van der Waals surface area (Å²) in [7, 11) is 3.15. The van der Waals surface area contributed by atoms with Gasteiger partial charge in [0.15, 0.2) is 11.5 Å². The molecule has 0 aliphatic heterocycles. The van der Waals surface area contributed by atoms with Gasteiger partial charge in [0.05, 0.1) is 25.3 Å². The largest absolute Gasteiger partial charge is 0.493 e. The van der Waals surface area contributed by atoms with E-state index in [-0.39, 0.29) is 5.91 Å². The van der Waals surface area contributed by atoms with Crippen LogP contribution in [-0.4, -0.2) is 36.2 Å². The Hall–Kier alpha value is -3.02. The molecule has 1 heterocycles. The summed E-state index contributed by atoms with van der Waals surface area (Å²) < 4.78 is 12.9. The van der Waals surface area contributed by atoms with Crippen LogP contribution in [0.1, 0.15) is 61.6 Å². The van der Waals surface area contributed by atoms with Crippen LogP contribution in [0.5, 0.6) is 11.5 Å². The molecule has 0 atom stereocenters. The van der Waals surface area contributed by atoms with Crippen LogP contribution in [0.25, 0.3) is 11.0 Å². The number of nitrogens with zero attached hydrogens (tertiary/aromatic N) is 2. The van der Waals surface area contributed by atoms with Crippen molar-refractivity contribution in [2.75, 3.05) is 20.8 Å². The third-order valence-electron chi connectivity index (χ3n) is 5.73. The quantitative estimate of drug-likeness (QED) is 0.364.